The maximum atomic E-state index is 6.53. The van der Waals surface area contributed by atoms with Gasteiger partial charge < -0.3 is 14.6 Å². The molecule has 4 nitrogen and oxygen atoms in total. The van der Waals surface area contributed by atoms with E-state index in [0.29, 0.717) is 22.4 Å². The number of aromatic amines is 1. The van der Waals surface area contributed by atoms with Crippen LogP contribution in [0.3, 0.4) is 0 Å². The van der Waals surface area contributed by atoms with Crippen LogP contribution in [0.15, 0.2) is 24.5 Å². The van der Waals surface area contributed by atoms with Crippen molar-refractivity contribution in [3.8, 4) is 5.75 Å². The average molecular weight is 352 g/mol. The first-order valence-electron chi connectivity index (χ1n) is 7.74. The molecule has 122 valence electrons. The molecule has 0 saturated carbocycles. The Morgan fingerprint density at radius 3 is 2.74 bits per heavy atom. The Bertz CT molecular complexity index is 827. The topological polar surface area (TPSA) is 41.1 Å². The number of nitrogens with one attached hydrogen (secondary N) is 1. The fraction of sp³-hybridized carbons (Fsp3) is 0.353. The monoisotopic (exact) mass is 351 g/mol. The summed E-state index contributed by atoms with van der Waals surface area (Å²) in [6.07, 6.45) is 3.53. The highest BCUT2D eigenvalue weighted by atomic mass is 35.5. The number of hydrogen-bond donors (Lipinski definition) is 1. The van der Waals surface area contributed by atoms with Crippen LogP contribution in [0.25, 0.3) is 21.8 Å². The van der Waals surface area contributed by atoms with Crippen LogP contribution in [0.1, 0.15) is 13.8 Å². The van der Waals surface area contributed by atoms with E-state index in [9.17, 15) is 0 Å². The second-order valence-corrected chi connectivity index (χ2v) is 6.13. The van der Waals surface area contributed by atoms with Gasteiger partial charge in [0.25, 0.3) is 0 Å². The molecule has 2 aromatic heterocycles. The van der Waals surface area contributed by atoms with Gasteiger partial charge in [-0.1, -0.05) is 37.0 Å². The largest absolute Gasteiger partial charge is 0.489 e. The lowest BCUT2D eigenvalue weighted by Crippen LogP contribution is -2.28. The minimum Gasteiger partial charge on any atom is -0.489 e. The Morgan fingerprint density at radius 2 is 2.00 bits per heavy atom. The summed E-state index contributed by atoms with van der Waals surface area (Å²) in [6.45, 7) is 7.65. The molecule has 0 atom stereocenters. The van der Waals surface area contributed by atoms with E-state index in [0.717, 1.165) is 41.4 Å². The second kappa shape index (κ2) is 6.95. The van der Waals surface area contributed by atoms with E-state index in [1.807, 2.05) is 12.1 Å². The maximum absolute atomic E-state index is 6.53. The van der Waals surface area contributed by atoms with Crippen LogP contribution >= 0.6 is 23.2 Å². The quantitative estimate of drug-likeness (QED) is 0.696. The van der Waals surface area contributed by atoms with Gasteiger partial charge in [-0.25, -0.2) is 0 Å². The van der Waals surface area contributed by atoms with Crippen molar-refractivity contribution in [3.05, 3.63) is 34.6 Å². The Morgan fingerprint density at radius 1 is 1.22 bits per heavy atom. The van der Waals surface area contributed by atoms with Crippen LogP contribution < -0.4 is 4.74 Å². The third-order valence-electron chi connectivity index (χ3n) is 4.10. The zero-order valence-electron chi connectivity index (χ0n) is 13.2. The van der Waals surface area contributed by atoms with Gasteiger partial charge in [0.2, 0.25) is 0 Å². The number of nitrogens with zero attached hydrogens (tertiary/aromatic N) is 2. The predicted molar refractivity (Wildman–Crippen MR) is 96.9 cm³/mol. The number of ether oxygens (including phenoxy) is 1. The van der Waals surface area contributed by atoms with Gasteiger partial charge >= 0.3 is 0 Å². The van der Waals surface area contributed by atoms with Gasteiger partial charge in [0.15, 0.2) is 5.75 Å². The highest BCUT2D eigenvalue weighted by molar-refractivity contribution is 6.42. The van der Waals surface area contributed by atoms with Crippen LogP contribution in [0.5, 0.6) is 5.75 Å². The number of H-pyrrole nitrogens is 1. The van der Waals surface area contributed by atoms with Gasteiger partial charge in [0.05, 0.1) is 22.3 Å². The van der Waals surface area contributed by atoms with E-state index in [1.165, 1.54) is 0 Å². The van der Waals surface area contributed by atoms with Crippen molar-refractivity contribution >= 4 is 45.0 Å². The zero-order valence-corrected chi connectivity index (χ0v) is 14.7. The standard InChI is InChI=1S/C17H19Cl2N3O/c1-3-22(4-2)7-8-23-17-13(18)9-12-11-5-6-20-10-14(11)21-16(12)15(17)19/h5-6,9-10,21H,3-4,7-8H2,1-2H3. The second-order valence-electron chi connectivity index (χ2n) is 5.35. The number of benzene rings is 1. The van der Waals surface area contributed by atoms with Crippen LogP contribution in [-0.2, 0) is 0 Å². The zero-order chi connectivity index (χ0) is 16.4. The normalized spacial score (nSPS) is 11.7. The summed E-state index contributed by atoms with van der Waals surface area (Å²) in [7, 11) is 0. The van der Waals surface area contributed by atoms with Crippen molar-refractivity contribution in [2.75, 3.05) is 26.2 Å². The number of likely N-dealkylation sites (N-methyl/N-ethyl adjacent to an activating group) is 1. The lowest BCUT2D eigenvalue weighted by atomic mass is 10.2. The molecule has 1 N–H and O–H groups in total. The summed E-state index contributed by atoms with van der Waals surface area (Å²) < 4.78 is 5.86. The highest BCUT2D eigenvalue weighted by Gasteiger charge is 2.16. The Kier molecular flexibility index (Phi) is 4.95. The van der Waals surface area contributed by atoms with E-state index in [-0.39, 0.29) is 0 Å². The summed E-state index contributed by atoms with van der Waals surface area (Å²) in [5.74, 6) is 0.535. The van der Waals surface area contributed by atoms with Crippen LogP contribution in [0.4, 0.5) is 0 Å². The molecule has 0 spiro atoms. The number of aromatic nitrogens is 2. The molecule has 0 unspecified atom stereocenters. The van der Waals surface area contributed by atoms with Crippen molar-refractivity contribution < 1.29 is 4.74 Å². The summed E-state index contributed by atoms with van der Waals surface area (Å²) in [6, 6.07) is 3.84. The summed E-state index contributed by atoms with van der Waals surface area (Å²) >= 11 is 12.9. The van der Waals surface area contributed by atoms with Crippen LogP contribution in [-0.4, -0.2) is 41.1 Å². The molecular weight excluding hydrogens is 333 g/mol. The summed E-state index contributed by atoms with van der Waals surface area (Å²) in [5.41, 5.74) is 1.76. The van der Waals surface area contributed by atoms with Crippen molar-refractivity contribution in [1.82, 2.24) is 14.9 Å². The first-order valence-corrected chi connectivity index (χ1v) is 8.49. The van der Waals surface area contributed by atoms with Gasteiger partial charge in [-0.05, 0) is 25.2 Å². The molecule has 0 fully saturated rings. The van der Waals surface area contributed by atoms with Crippen LogP contribution in [0.2, 0.25) is 10.0 Å². The molecule has 0 saturated heterocycles. The Balaban J connectivity index is 1.93. The lowest BCUT2D eigenvalue weighted by molar-refractivity contribution is 0.223. The van der Waals surface area contributed by atoms with Gasteiger partial charge in [-0.15, -0.1) is 0 Å². The average Bonchev–Trinajstić information content (AvgIpc) is 2.93. The number of hydrogen-bond acceptors (Lipinski definition) is 3. The summed E-state index contributed by atoms with van der Waals surface area (Å²) in [4.78, 5) is 9.70. The Labute approximate surface area is 145 Å². The fourth-order valence-electron chi connectivity index (χ4n) is 2.75. The van der Waals surface area contributed by atoms with E-state index < -0.39 is 0 Å². The van der Waals surface area contributed by atoms with Crippen molar-refractivity contribution in [2.45, 2.75) is 13.8 Å². The third kappa shape index (κ3) is 3.11. The number of pyridine rings is 1. The molecule has 0 aliphatic rings. The molecule has 6 heteroatoms. The number of fused-ring (bicyclic) bond motifs is 3. The van der Waals surface area contributed by atoms with Gasteiger partial charge in [0.1, 0.15) is 11.6 Å². The van der Waals surface area contributed by atoms with E-state index >= 15 is 0 Å². The predicted octanol–water partition coefficient (Wildman–Crippen LogP) is 4.74. The molecule has 3 aromatic rings. The van der Waals surface area contributed by atoms with E-state index in [1.54, 1.807) is 12.4 Å². The molecule has 1 aromatic carbocycles. The van der Waals surface area contributed by atoms with Gasteiger partial charge in [0, 0.05) is 23.5 Å². The van der Waals surface area contributed by atoms with Crippen LogP contribution in [0, 0.1) is 0 Å². The molecule has 23 heavy (non-hydrogen) atoms. The molecule has 2 heterocycles. The lowest BCUT2D eigenvalue weighted by Gasteiger charge is -2.18. The summed E-state index contributed by atoms with van der Waals surface area (Å²) in [5, 5.41) is 3.07. The smallest absolute Gasteiger partial charge is 0.158 e. The SMILES string of the molecule is CCN(CC)CCOc1c(Cl)cc2c([nH]c3cnccc32)c1Cl. The first kappa shape index (κ1) is 16.4. The molecule has 0 radical (unpaired) electrons. The van der Waals surface area contributed by atoms with Gasteiger partial charge in [-0.3, -0.25) is 4.98 Å². The maximum Gasteiger partial charge on any atom is 0.158 e. The fourth-order valence-corrected chi connectivity index (χ4v) is 3.36. The van der Waals surface area contributed by atoms with E-state index in [4.69, 9.17) is 27.9 Å². The minimum absolute atomic E-state index is 0.517. The molecular formula is C17H19Cl2N3O. The van der Waals surface area contributed by atoms with Crippen molar-refractivity contribution in [1.29, 1.82) is 0 Å². The third-order valence-corrected chi connectivity index (χ3v) is 4.74. The number of rotatable bonds is 6. The van der Waals surface area contributed by atoms with Gasteiger partial charge in [-0.2, -0.15) is 0 Å². The molecule has 0 aliphatic carbocycles. The first-order chi connectivity index (χ1) is 11.2. The van der Waals surface area contributed by atoms with Crippen molar-refractivity contribution in [3.63, 3.8) is 0 Å². The highest BCUT2D eigenvalue weighted by Crippen LogP contribution is 2.41. The molecule has 0 aliphatic heterocycles. The van der Waals surface area contributed by atoms with Crippen molar-refractivity contribution in [2.24, 2.45) is 0 Å². The molecule has 0 amide bonds. The minimum atomic E-state index is 0.517. The molecule has 3 rings (SSSR count). The van der Waals surface area contributed by atoms with E-state index in [2.05, 4.69) is 28.7 Å². The molecule has 0 bridgehead atoms. The number of halogens is 2. The Hall–Kier alpha value is -1.49.